The van der Waals surface area contributed by atoms with Crippen LogP contribution in [0.25, 0.3) is 0 Å². The van der Waals surface area contributed by atoms with Gasteiger partial charge in [0, 0.05) is 5.92 Å². The zero-order chi connectivity index (χ0) is 11.3. The van der Waals surface area contributed by atoms with Crippen LogP contribution in [0, 0.1) is 5.92 Å². The first-order chi connectivity index (χ1) is 7.22. The third kappa shape index (κ3) is 2.92. The topological polar surface area (TPSA) is 17.1 Å². The maximum absolute atomic E-state index is 10.7. The monoisotopic (exact) mass is 204 g/mol. The highest BCUT2D eigenvalue weighted by atomic mass is 16.1. The molecule has 0 spiro atoms. The van der Waals surface area contributed by atoms with Crippen molar-refractivity contribution < 1.29 is 4.79 Å². The van der Waals surface area contributed by atoms with Crippen molar-refractivity contribution in [3.63, 3.8) is 0 Å². The van der Waals surface area contributed by atoms with Crippen LogP contribution in [0.15, 0.2) is 18.2 Å². The molecule has 1 unspecified atom stereocenters. The molecule has 0 bridgehead atoms. The van der Waals surface area contributed by atoms with Crippen LogP contribution in [0.5, 0.6) is 0 Å². The normalized spacial score (nSPS) is 12.5. The molecule has 0 aliphatic heterocycles. The highest BCUT2D eigenvalue weighted by Gasteiger charge is 2.08. The lowest BCUT2D eigenvalue weighted by atomic mass is 9.92. The van der Waals surface area contributed by atoms with Crippen molar-refractivity contribution in [2.45, 2.75) is 40.0 Å². The Morgan fingerprint density at radius 3 is 2.40 bits per heavy atom. The molecule has 1 aromatic carbocycles. The number of hydrogen-bond donors (Lipinski definition) is 0. The summed E-state index contributed by atoms with van der Waals surface area (Å²) in [6.07, 6.45) is 4.05. The van der Waals surface area contributed by atoms with Gasteiger partial charge in [-0.2, -0.15) is 0 Å². The first-order valence-corrected chi connectivity index (χ1v) is 5.77. The van der Waals surface area contributed by atoms with Crippen molar-refractivity contribution in [1.29, 1.82) is 0 Å². The molecule has 0 fully saturated rings. The van der Waals surface area contributed by atoms with Gasteiger partial charge in [-0.3, -0.25) is 0 Å². The van der Waals surface area contributed by atoms with E-state index in [2.05, 4.69) is 32.0 Å². The van der Waals surface area contributed by atoms with E-state index in [1.807, 2.05) is 6.92 Å². The molecule has 1 rings (SSSR count). The van der Waals surface area contributed by atoms with Gasteiger partial charge in [0.15, 0.2) is 0 Å². The lowest BCUT2D eigenvalue weighted by Crippen LogP contribution is -2.05. The summed E-state index contributed by atoms with van der Waals surface area (Å²) in [5.74, 6) is 0.127. The molecule has 0 N–H and O–H groups in total. The Labute approximate surface area is 92.5 Å². The van der Waals surface area contributed by atoms with Crippen LogP contribution >= 0.6 is 0 Å². The quantitative estimate of drug-likeness (QED) is 0.673. The van der Waals surface area contributed by atoms with E-state index in [0.29, 0.717) is 0 Å². The fourth-order valence-electron chi connectivity index (χ4n) is 2.06. The third-order valence-corrected chi connectivity index (χ3v) is 2.88. The van der Waals surface area contributed by atoms with E-state index in [1.54, 1.807) is 0 Å². The van der Waals surface area contributed by atoms with Gasteiger partial charge in [-0.05, 0) is 36.0 Å². The lowest BCUT2D eigenvalue weighted by Gasteiger charge is -2.13. The fourth-order valence-corrected chi connectivity index (χ4v) is 2.06. The van der Waals surface area contributed by atoms with E-state index < -0.39 is 0 Å². The molecule has 0 heterocycles. The number of carbonyl (C=O) groups is 1. The average molecular weight is 204 g/mol. The first kappa shape index (κ1) is 12.0. The average Bonchev–Trinajstić information content (AvgIpc) is 2.28. The molecule has 0 saturated carbocycles. The highest BCUT2D eigenvalue weighted by molar-refractivity contribution is 5.54. The number of aryl methyl sites for hydroxylation is 1. The van der Waals surface area contributed by atoms with Gasteiger partial charge in [0.25, 0.3) is 0 Å². The number of hydrogen-bond acceptors (Lipinski definition) is 1. The molecule has 1 nitrogen and oxygen atoms in total. The Morgan fingerprint density at radius 1 is 1.20 bits per heavy atom. The minimum atomic E-state index is 0.127. The molecule has 15 heavy (non-hydrogen) atoms. The van der Waals surface area contributed by atoms with Gasteiger partial charge in [0.05, 0.1) is 0 Å². The van der Waals surface area contributed by atoms with Crippen LogP contribution in [0.4, 0.5) is 0 Å². The summed E-state index contributed by atoms with van der Waals surface area (Å²) in [6.45, 7) is 6.34. The summed E-state index contributed by atoms with van der Waals surface area (Å²) in [6, 6.07) is 6.44. The van der Waals surface area contributed by atoms with Crippen molar-refractivity contribution in [2.24, 2.45) is 5.92 Å². The number of benzene rings is 1. The summed E-state index contributed by atoms with van der Waals surface area (Å²) in [4.78, 5) is 10.7. The smallest absolute Gasteiger partial charge is 0.123 e. The predicted octanol–water partition coefficient (Wildman–Crippen LogP) is 3.19. The highest BCUT2D eigenvalue weighted by Crippen LogP contribution is 2.19. The van der Waals surface area contributed by atoms with Crippen LogP contribution in [0.3, 0.4) is 0 Å². The molecule has 1 atom stereocenters. The zero-order valence-electron chi connectivity index (χ0n) is 9.92. The van der Waals surface area contributed by atoms with Crippen LogP contribution in [0.1, 0.15) is 37.5 Å². The summed E-state index contributed by atoms with van der Waals surface area (Å²) in [5, 5.41) is 0. The maximum atomic E-state index is 10.7. The molecule has 1 heteroatoms. The van der Waals surface area contributed by atoms with Gasteiger partial charge in [0.1, 0.15) is 6.29 Å². The van der Waals surface area contributed by atoms with Gasteiger partial charge < -0.3 is 4.79 Å². The van der Waals surface area contributed by atoms with E-state index in [-0.39, 0.29) is 5.92 Å². The van der Waals surface area contributed by atoms with Gasteiger partial charge in [-0.15, -0.1) is 0 Å². The second-order valence-electron chi connectivity index (χ2n) is 4.08. The second-order valence-corrected chi connectivity index (χ2v) is 4.08. The minimum absolute atomic E-state index is 0.127. The molecule has 0 saturated heterocycles. The molecule has 1 aromatic rings. The predicted molar refractivity (Wildman–Crippen MR) is 64.1 cm³/mol. The largest absolute Gasteiger partial charge is 0.303 e. The van der Waals surface area contributed by atoms with Crippen LogP contribution in [-0.4, -0.2) is 6.29 Å². The number of rotatable bonds is 5. The number of aldehydes is 1. The zero-order valence-corrected chi connectivity index (χ0v) is 9.92. The maximum Gasteiger partial charge on any atom is 0.123 e. The van der Waals surface area contributed by atoms with Crippen LogP contribution in [-0.2, 0) is 24.1 Å². The fraction of sp³-hybridized carbons (Fsp3) is 0.500. The Morgan fingerprint density at radius 2 is 1.87 bits per heavy atom. The standard InChI is InChI=1S/C14H20O/c1-4-12-7-6-8-13(14(12)5-2)9-11(3)10-15/h6-8,10-11H,4-5,9H2,1-3H3. The Balaban J connectivity index is 3.00. The van der Waals surface area contributed by atoms with Crippen LogP contribution < -0.4 is 0 Å². The number of carbonyl (C=O) groups excluding carboxylic acids is 1. The van der Waals surface area contributed by atoms with E-state index >= 15 is 0 Å². The third-order valence-electron chi connectivity index (χ3n) is 2.88. The van der Waals surface area contributed by atoms with Crippen molar-refractivity contribution >= 4 is 6.29 Å². The second kappa shape index (κ2) is 5.69. The Bertz CT molecular complexity index is 328. The van der Waals surface area contributed by atoms with Crippen molar-refractivity contribution in [2.75, 3.05) is 0 Å². The Hall–Kier alpha value is -1.11. The van der Waals surface area contributed by atoms with Crippen LogP contribution in [0.2, 0.25) is 0 Å². The van der Waals surface area contributed by atoms with Gasteiger partial charge >= 0.3 is 0 Å². The SMILES string of the molecule is CCc1cccc(CC(C)C=O)c1CC. The summed E-state index contributed by atoms with van der Waals surface area (Å²) >= 11 is 0. The summed E-state index contributed by atoms with van der Waals surface area (Å²) < 4.78 is 0. The molecular weight excluding hydrogens is 184 g/mol. The van der Waals surface area contributed by atoms with Crippen molar-refractivity contribution in [3.8, 4) is 0 Å². The molecule has 0 amide bonds. The van der Waals surface area contributed by atoms with Gasteiger partial charge in [-0.1, -0.05) is 39.0 Å². The Kier molecular flexibility index (Phi) is 4.54. The van der Waals surface area contributed by atoms with E-state index in [0.717, 1.165) is 25.5 Å². The lowest BCUT2D eigenvalue weighted by molar-refractivity contribution is -0.110. The first-order valence-electron chi connectivity index (χ1n) is 5.77. The van der Waals surface area contributed by atoms with Crippen molar-refractivity contribution in [3.05, 3.63) is 34.9 Å². The summed E-state index contributed by atoms with van der Waals surface area (Å²) in [5.41, 5.74) is 4.21. The van der Waals surface area contributed by atoms with Gasteiger partial charge in [0.2, 0.25) is 0 Å². The minimum Gasteiger partial charge on any atom is -0.303 e. The molecular formula is C14H20O. The van der Waals surface area contributed by atoms with Crippen molar-refractivity contribution in [1.82, 2.24) is 0 Å². The molecule has 0 radical (unpaired) electrons. The molecule has 0 aliphatic rings. The van der Waals surface area contributed by atoms with E-state index in [9.17, 15) is 4.79 Å². The molecule has 0 aromatic heterocycles. The van der Waals surface area contributed by atoms with E-state index in [1.165, 1.54) is 16.7 Å². The molecule has 82 valence electrons. The van der Waals surface area contributed by atoms with Gasteiger partial charge in [-0.25, -0.2) is 0 Å². The van der Waals surface area contributed by atoms with E-state index in [4.69, 9.17) is 0 Å². The molecule has 0 aliphatic carbocycles. The summed E-state index contributed by atoms with van der Waals surface area (Å²) in [7, 11) is 0.